The minimum atomic E-state index is 0.547. The quantitative estimate of drug-likeness (QED) is 0.186. The van der Waals surface area contributed by atoms with Gasteiger partial charge in [0.25, 0.3) is 0 Å². The van der Waals surface area contributed by atoms with Crippen LogP contribution in [0.2, 0.25) is 0 Å². The fraction of sp³-hybridized carbons (Fsp3) is 0. The number of hydrogen-bond donors (Lipinski definition) is 0. The van der Waals surface area contributed by atoms with Gasteiger partial charge < -0.3 is 13.6 Å². The van der Waals surface area contributed by atoms with E-state index in [4.69, 9.17) is 4.42 Å². The van der Waals surface area contributed by atoms with Gasteiger partial charge in [0.2, 0.25) is 0 Å². The molecule has 0 saturated carbocycles. The van der Waals surface area contributed by atoms with Crippen LogP contribution in [0.1, 0.15) is 5.56 Å². The van der Waals surface area contributed by atoms with Gasteiger partial charge in [0.1, 0.15) is 11.7 Å². The van der Waals surface area contributed by atoms with Crippen molar-refractivity contribution in [2.75, 3.05) is 0 Å². The molecule has 11 rings (SSSR count). The van der Waals surface area contributed by atoms with Crippen LogP contribution in [-0.2, 0) is 0 Å². The Morgan fingerprint density at radius 3 is 1.49 bits per heavy atom. The summed E-state index contributed by atoms with van der Waals surface area (Å²) in [6.45, 7) is 0. The molecule has 0 N–H and O–H groups in total. The van der Waals surface area contributed by atoms with E-state index in [1.54, 1.807) is 6.07 Å². The molecule has 11 aromatic rings. The van der Waals surface area contributed by atoms with Crippen LogP contribution in [0.4, 0.5) is 0 Å². The number of hydrogen-bond acceptors (Lipinski definition) is 2. The molecule has 4 heteroatoms. The standard InChI is InChI=1S/C49H29N3O/c50-30-34-10-8-16-40-41-17-9-15-37(49(41)53-48(34)40)31-20-24-36(25-21-31)52-45-19-7-5-14-39(45)43-29-33(23-27-47(43)52)32-22-26-46-42(28-32)38-13-4-6-18-44(38)51(46)35-11-2-1-3-12-35/h1-29H. The van der Waals surface area contributed by atoms with E-state index >= 15 is 0 Å². The van der Waals surface area contributed by atoms with Gasteiger partial charge in [-0.1, -0.05) is 109 Å². The molecule has 0 aliphatic rings. The number of furan rings is 1. The van der Waals surface area contributed by atoms with Crippen molar-refractivity contribution >= 4 is 65.6 Å². The number of nitrogens with zero attached hydrogens (tertiary/aromatic N) is 3. The molecule has 246 valence electrons. The summed E-state index contributed by atoms with van der Waals surface area (Å²) in [7, 11) is 0. The highest BCUT2D eigenvalue weighted by Crippen LogP contribution is 2.40. The smallest absolute Gasteiger partial charge is 0.153 e. The van der Waals surface area contributed by atoms with Gasteiger partial charge in [-0.05, 0) is 83.4 Å². The Bertz CT molecular complexity index is 3280. The summed E-state index contributed by atoms with van der Waals surface area (Å²) < 4.78 is 11.1. The van der Waals surface area contributed by atoms with Gasteiger partial charge in [0, 0.05) is 49.3 Å². The summed E-state index contributed by atoms with van der Waals surface area (Å²) >= 11 is 0. The molecule has 0 fully saturated rings. The van der Waals surface area contributed by atoms with Crippen molar-refractivity contribution < 1.29 is 4.42 Å². The normalized spacial score (nSPS) is 11.8. The van der Waals surface area contributed by atoms with Crippen molar-refractivity contribution in [2.24, 2.45) is 0 Å². The zero-order valence-corrected chi connectivity index (χ0v) is 28.5. The fourth-order valence-electron chi connectivity index (χ4n) is 8.36. The Morgan fingerprint density at radius 2 is 0.868 bits per heavy atom. The summed E-state index contributed by atoms with van der Waals surface area (Å²) in [5.74, 6) is 0. The van der Waals surface area contributed by atoms with Gasteiger partial charge in [-0.15, -0.1) is 0 Å². The second-order valence-corrected chi connectivity index (χ2v) is 13.6. The predicted octanol–water partition coefficient (Wildman–Crippen LogP) is 13.0. The maximum absolute atomic E-state index is 9.69. The van der Waals surface area contributed by atoms with Crippen LogP contribution in [0.5, 0.6) is 0 Å². The van der Waals surface area contributed by atoms with Gasteiger partial charge in [-0.25, -0.2) is 0 Å². The van der Waals surface area contributed by atoms with Crippen LogP contribution in [0.3, 0.4) is 0 Å². The largest absolute Gasteiger partial charge is 0.454 e. The maximum Gasteiger partial charge on any atom is 0.153 e. The molecule has 0 spiro atoms. The van der Waals surface area contributed by atoms with Gasteiger partial charge in [0.05, 0.1) is 27.6 Å². The number of aromatic nitrogens is 2. The second-order valence-electron chi connectivity index (χ2n) is 13.6. The Labute approximate surface area is 304 Å². The molecule has 3 heterocycles. The topological polar surface area (TPSA) is 46.8 Å². The zero-order chi connectivity index (χ0) is 35.0. The molecule has 0 amide bonds. The predicted molar refractivity (Wildman–Crippen MR) is 218 cm³/mol. The van der Waals surface area contributed by atoms with Crippen LogP contribution in [0.15, 0.2) is 180 Å². The highest BCUT2D eigenvalue weighted by atomic mass is 16.3. The lowest BCUT2D eigenvalue weighted by Crippen LogP contribution is -1.94. The molecular weight excluding hydrogens is 647 g/mol. The first-order valence-electron chi connectivity index (χ1n) is 17.8. The average molecular weight is 676 g/mol. The number of rotatable bonds is 4. The van der Waals surface area contributed by atoms with Gasteiger partial charge in [-0.2, -0.15) is 5.26 Å². The molecule has 53 heavy (non-hydrogen) atoms. The van der Waals surface area contributed by atoms with E-state index in [1.165, 1.54) is 43.7 Å². The lowest BCUT2D eigenvalue weighted by molar-refractivity contribution is 0.668. The van der Waals surface area contributed by atoms with Crippen molar-refractivity contribution in [3.8, 4) is 39.7 Å². The highest BCUT2D eigenvalue weighted by molar-refractivity contribution is 6.13. The summed E-state index contributed by atoms with van der Waals surface area (Å²) in [6.07, 6.45) is 0. The van der Waals surface area contributed by atoms with Crippen LogP contribution in [0, 0.1) is 11.3 Å². The number of nitriles is 1. The summed E-state index contributed by atoms with van der Waals surface area (Å²) in [5.41, 5.74) is 13.4. The first-order chi connectivity index (χ1) is 26.2. The van der Waals surface area contributed by atoms with E-state index in [9.17, 15) is 5.26 Å². The van der Waals surface area contributed by atoms with E-state index in [1.807, 2.05) is 12.1 Å². The first kappa shape index (κ1) is 29.4. The lowest BCUT2D eigenvalue weighted by atomic mass is 10.0. The Hall–Kier alpha value is -7.35. The molecule has 0 aliphatic heterocycles. The first-order valence-corrected chi connectivity index (χ1v) is 17.8. The van der Waals surface area contributed by atoms with Crippen LogP contribution >= 0.6 is 0 Å². The summed E-state index contributed by atoms with van der Waals surface area (Å²) in [5, 5.41) is 16.6. The summed E-state index contributed by atoms with van der Waals surface area (Å²) in [6, 6.07) is 64.6. The van der Waals surface area contributed by atoms with Crippen molar-refractivity contribution in [2.45, 2.75) is 0 Å². The molecular formula is C49H29N3O. The van der Waals surface area contributed by atoms with Gasteiger partial charge in [0.15, 0.2) is 5.58 Å². The Balaban J connectivity index is 1.03. The van der Waals surface area contributed by atoms with Crippen LogP contribution in [0.25, 0.3) is 99.2 Å². The molecule has 0 aliphatic carbocycles. The van der Waals surface area contributed by atoms with E-state index in [0.717, 1.165) is 49.9 Å². The minimum absolute atomic E-state index is 0.547. The Kier molecular flexibility index (Phi) is 6.28. The van der Waals surface area contributed by atoms with E-state index < -0.39 is 0 Å². The average Bonchev–Trinajstić information content (AvgIpc) is 3.89. The van der Waals surface area contributed by atoms with E-state index in [-0.39, 0.29) is 0 Å². The SMILES string of the molecule is N#Cc1cccc2c1oc1c(-c3ccc(-n4c5ccccc5c5cc(-c6ccc7c(c6)c6ccccc6n7-c6ccccc6)ccc54)cc3)cccc12. The van der Waals surface area contributed by atoms with Gasteiger partial charge in [-0.3, -0.25) is 0 Å². The summed E-state index contributed by atoms with van der Waals surface area (Å²) in [4.78, 5) is 0. The van der Waals surface area contributed by atoms with Crippen molar-refractivity contribution in [1.29, 1.82) is 5.26 Å². The van der Waals surface area contributed by atoms with Crippen molar-refractivity contribution in [1.82, 2.24) is 9.13 Å². The molecule has 8 aromatic carbocycles. The third-order valence-electron chi connectivity index (χ3n) is 10.8. The molecule has 4 nitrogen and oxygen atoms in total. The third-order valence-corrected chi connectivity index (χ3v) is 10.8. The van der Waals surface area contributed by atoms with E-state index in [0.29, 0.717) is 11.1 Å². The van der Waals surface area contributed by atoms with Crippen LogP contribution < -0.4 is 0 Å². The third kappa shape index (κ3) is 4.35. The highest BCUT2D eigenvalue weighted by Gasteiger charge is 2.18. The second kappa shape index (κ2) is 11.3. The molecule has 0 unspecified atom stereocenters. The number of benzene rings is 8. The molecule has 0 bridgehead atoms. The monoisotopic (exact) mass is 675 g/mol. The lowest BCUT2D eigenvalue weighted by Gasteiger charge is -2.10. The molecule has 3 aromatic heterocycles. The molecule has 0 saturated heterocycles. The van der Waals surface area contributed by atoms with Gasteiger partial charge >= 0.3 is 0 Å². The van der Waals surface area contributed by atoms with E-state index in [2.05, 4.69) is 173 Å². The van der Waals surface area contributed by atoms with Crippen molar-refractivity contribution in [3.63, 3.8) is 0 Å². The Morgan fingerprint density at radius 1 is 0.377 bits per heavy atom. The van der Waals surface area contributed by atoms with Crippen molar-refractivity contribution in [3.05, 3.63) is 181 Å². The molecule has 0 atom stereocenters. The zero-order valence-electron chi connectivity index (χ0n) is 28.5. The minimum Gasteiger partial charge on any atom is -0.454 e. The number of fused-ring (bicyclic) bond motifs is 9. The molecule has 0 radical (unpaired) electrons. The fourth-order valence-corrected chi connectivity index (χ4v) is 8.36. The maximum atomic E-state index is 9.69. The van der Waals surface area contributed by atoms with Crippen LogP contribution in [-0.4, -0.2) is 9.13 Å². The number of para-hydroxylation sites is 5.